The number of aromatic amines is 1. The van der Waals surface area contributed by atoms with Gasteiger partial charge in [0.15, 0.2) is 0 Å². The Hall–Kier alpha value is -3.33. The van der Waals surface area contributed by atoms with E-state index in [1.54, 1.807) is 13.0 Å². The van der Waals surface area contributed by atoms with Crippen LogP contribution in [-0.4, -0.2) is 44.8 Å². The molecule has 4 aromatic rings. The molecule has 1 aromatic carbocycles. The number of rotatable bonds is 3. The molecule has 1 aliphatic rings. The average Bonchev–Trinajstić information content (AvgIpc) is 3.34. The van der Waals surface area contributed by atoms with Crippen molar-refractivity contribution in [2.24, 2.45) is 0 Å². The number of halogens is 1. The number of fused-ring (bicyclic) bond motifs is 1. The molecular weight excluding hydrogens is 363 g/mol. The van der Waals surface area contributed by atoms with Crippen LogP contribution in [0.5, 0.6) is 0 Å². The summed E-state index contributed by atoms with van der Waals surface area (Å²) in [6.45, 7) is 3.44. The number of H-pyrrole nitrogens is 1. The Balaban J connectivity index is 1.56. The Kier molecular flexibility index (Phi) is 4.01. The zero-order chi connectivity index (χ0) is 19.1. The van der Waals surface area contributed by atoms with Gasteiger partial charge in [-0.2, -0.15) is 4.98 Å². The van der Waals surface area contributed by atoms with Gasteiger partial charge in [0.1, 0.15) is 29.7 Å². The molecule has 0 radical (unpaired) electrons. The second-order valence-electron chi connectivity index (χ2n) is 6.61. The largest absolute Gasteiger partial charge is 0.366 e. The predicted molar refractivity (Wildman–Crippen MR) is 99.2 cm³/mol. The van der Waals surface area contributed by atoms with Crippen molar-refractivity contribution >= 4 is 16.9 Å². The third-order valence-corrected chi connectivity index (χ3v) is 4.78. The minimum absolute atomic E-state index is 0.288. The van der Waals surface area contributed by atoms with Crippen LogP contribution in [-0.2, 0) is 4.74 Å². The number of anilines is 1. The number of nitrogens with one attached hydrogen (secondary N) is 1. The third-order valence-electron chi connectivity index (χ3n) is 4.78. The molecule has 3 aromatic heterocycles. The van der Waals surface area contributed by atoms with E-state index < -0.39 is 0 Å². The first-order valence-electron chi connectivity index (χ1n) is 8.94. The summed E-state index contributed by atoms with van der Waals surface area (Å²) >= 11 is 0. The van der Waals surface area contributed by atoms with Gasteiger partial charge in [-0.1, -0.05) is 17.3 Å². The number of hydrogen-bond acceptors (Lipinski definition) is 7. The van der Waals surface area contributed by atoms with Gasteiger partial charge in [-0.15, -0.1) is 0 Å². The highest BCUT2D eigenvalue weighted by Crippen LogP contribution is 2.35. The number of nitrogens with zero attached hydrogens (tertiary/aromatic N) is 5. The fourth-order valence-electron chi connectivity index (χ4n) is 3.51. The third kappa shape index (κ3) is 2.89. The van der Waals surface area contributed by atoms with Crippen LogP contribution < -0.4 is 4.90 Å². The Morgan fingerprint density at radius 2 is 2.21 bits per heavy atom. The molecule has 1 N–H and O–H groups in total. The van der Waals surface area contributed by atoms with E-state index in [9.17, 15) is 4.39 Å². The maximum atomic E-state index is 13.8. The topological polar surface area (TPSA) is 93.0 Å². The van der Waals surface area contributed by atoms with E-state index in [0.29, 0.717) is 37.1 Å². The number of aryl methyl sites for hydroxylation is 1. The van der Waals surface area contributed by atoms with Crippen molar-refractivity contribution in [3.05, 3.63) is 54.3 Å². The molecule has 5 rings (SSSR count). The standard InChI is InChI=1S/C19H17FN6O2/c1-11-24-17(25-28-11)15-9-26(5-6-27-15)19-16-14(8-21-18(16)22-10-23-19)12-3-2-4-13(20)7-12/h2-4,7-8,10,15H,5-6,9H2,1H3,(H,21,22,23). The lowest BCUT2D eigenvalue weighted by Crippen LogP contribution is -2.39. The Bertz CT molecular complexity index is 1140. The van der Waals surface area contributed by atoms with Gasteiger partial charge in [-0.3, -0.25) is 0 Å². The summed E-state index contributed by atoms with van der Waals surface area (Å²) in [4.78, 5) is 18.4. The minimum atomic E-state index is -0.312. The predicted octanol–water partition coefficient (Wildman–Crippen LogP) is 3.03. The van der Waals surface area contributed by atoms with Crippen molar-refractivity contribution in [2.75, 3.05) is 24.6 Å². The normalized spacial score (nSPS) is 17.4. The first kappa shape index (κ1) is 16.8. The molecule has 0 amide bonds. The number of morpholine rings is 1. The van der Waals surface area contributed by atoms with Crippen molar-refractivity contribution in [1.29, 1.82) is 0 Å². The first-order chi connectivity index (χ1) is 13.7. The molecule has 0 saturated carbocycles. The number of aromatic nitrogens is 5. The molecule has 0 spiro atoms. The number of ether oxygens (including phenoxy) is 1. The lowest BCUT2D eigenvalue weighted by Gasteiger charge is -2.32. The van der Waals surface area contributed by atoms with E-state index in [4.69, 9.17) is 9.26 Å². The SMILES string of the molecule is Cc1nc(C2CN(c3ncnc4[nH]cc(-c5cccc(F)c5)c34)CCO2)no1. The van der Waals surface area contributed by atoms with E-state index in [2.05, 4.69) is 30.0 Å². The molecule has 28 heavy (non-hydrogen) atoms. The smallest absolute Gasteiger partial charge is 0.223 e. The summed E-state index contributed by atoms with van der Waals surface area (Å²) in [5.41, 5.74) is 2.31. The van der Waals surface area contributed by atoms with Crippen LogP contribution in [0.3, 0.4) is 0 Å². The van der Waals surface area contributed by atoms with Gasteiger partial charge >= 0.3 is 0 Å². The molecule has 1 atom stereocenters. The Morgan fingerprint density at radius 1 is 1.29 bits per heavy atom. The van der Waals surface area contributed by atoms with E-state index in [0.717, 1.165) is 22.3 Å². The van der Waals surface area contributed by atoms with E-state index in [1.807, 2.05) is 12.3 Å². The number of benzene rings is 1. The summed E-state index contributed by atoms with van der Waals surface area (Å²) in [5.74, 6) is 1.49. The van der Waals surface area contributed by atoms with E-state index >= 15 is 0 Å². The Labute approximate surface area is 159 Å². The molecular formula is C19H17FN6O2. The summed E-state index contributed by atoms with van der Waals surface area (Å²) in [7, 11) is 0. The lowest BCUT2D eigenvalue weighted by molar-refractivity contribution is 0.0324. The maximum absolute atomic E-state index is 13.8. The molecule has 1 fully saturated rings. The molecule has 1 aliphatic heterocycles. The lowest BCUT2D eigenvalue weighted by atomic mass is 10.1. The van der Waals surface area contributed by atoms with Crippen molar-refractivity contribution < 1.29 is 13.7 Å². The second-order valence-corrected chi connectivity index (χ2v) is 6.61. The molecule has 1 saturated heterocycles. The van der Waals surface area contributed by atoms with Gasteiger partial charge in [0, 0.05) is 25.2 Å². The van der Waals surface area contributed by atoms with E-state index in [1.165, 1.54) is 18.5 Å². The molecule has 9 heteroatoms. The number of hydrogen-bond donors (Lipinski definition) is 1. The average molecular weight is 380 g/mol. The van der Waals surface area contributed by atoms with Crippen molar-refractivity contribution in [1.82, 2.24) is 25.1 Å². The molecule has 142 valence electrons. The monoisotopic (exact) mass is 380 g/mol. The molecule has 1 unspecified atom stereocenters. The van der Waals surface area contributed by atoms with Crippen molar-refractivity contribution in [3.63, 3.8) is 0 Å². The molecule has 0 aliphatic carbocycles. The fourth-order valence-corrected chi connectivity index (χ4v) is 3.51. The first-order valence-corrected chi connectivity index (χ1v) is 8.94. The van der Waals surface area contributed by atoms with Crippen molar-refractivity contribution in [2.45, 2.75) is 13.0 Å². The maximum Gasteiger partial charge on any atom is 0.223 e. The molecule has 0 bridgehead atoms. The zero-order valence-corrected chi connectivity index (χ0v) is 15.1. The zero-order valence-electron chi connectivity index (χ0n) is 15.1. The fraction of sp³-hybridized carbons (Fsp3) is 0.263. The molecule has 8 nitrogen and oxygen atoms in total. The van der Waals surface area contributed by atoms with Crippen LogP contribution in [0, 0.1) is 12.7 Å². The molecule has 4 heterocycles. The van der Waals surface area contributed by atoms with Gasteiger partial charge in [-0.25, -0.2) is 14.4 Å². The van der Waals surface area contributed by atoms with Crippen LogP contribution >= 0.6 is 0 Å². The van der Waals surface area contributed by atoms with Gasteiger partial charge in [-0.05, 0) is 17.7 Å². The van der Waals surface area contributed by atoms with E-state index in [-0.39, 0.29) is 11.9 Å². The summed E-state index contributed by atoms with van der Waals surface area (Å²) in [6.07, 6.45) is 3.04. The minimum Gasteiger partial charge on any atom is -0.366 e. The second kappa shape index (κ2) is 6.68. The quantitative estimate of drug-likeness (QED) is 0.584. The summed E-state index contributed by atoms with van der Waals surface area (Å²) in [6, 6.07) is 6.49. The van der Waals surface area contributed by atoms with Gasteiger partial charge in [0.25, 0.3) is 0 Å². The van der Waals surface area contributed by atoms with Crippen LogP contribution in [0.1, 0.15) is 17.8 Å². The van der Waals surface area contributed by atoms with Gasteiger partial charge < -0.3 is 19.1 Å². The van der Waals surface area contributed by atoms with Crippen LogP contribution in [0.4, 0.5) is 10.2 Å². The summed E-state index contributed by atoms with van der Waals surface area (Å²) < 4.78 is 24.7. The highest BCUT2D eigenvalue weighted by atomic mass is 19.1. The highest BCUT2D eigenvalue weighted by molar-refractivity contribution is 6.01. The van der Waals surface area contributed by atoms with Crippen LogP contribution in [0.2, 0.25) is 0 Å². The van der Waals surface area contributed by atoms with Gasteiger partial charge in [0.05, 0.1) is 18.5 Å². The Morgan fingerprint density at radius 3 is 3.04 bits per heavy atom. The van der Waals surface area contributed by atoms with Gasteiger partial charge in [0.2, 0.25) is 11.7 Å². The summed E-state index contributed by atoms with van der Waals surface area (Å²) in [5, 5.41) is 4.82. The highest BCUT2D eigenvalue weighted by Gasteiger charge is 2.28. The van der Waals surface area contributed by atoms with Crippen LogP contribution in [0.15, 0.2) is 41.3 Å². The van der Waals surface area contributed by atoms with Crippen LogP contribution in [0.25, 0.3) is 22.2 Å². The van der Waals surface area contributed by atoms with Crippen molar-refractivity contribution in [3.8, 4) is 11.1 Å².